The molecule has 6 nitrogen and oxygen atoms in total. The number of hydrogen-bond donors (Lipinski definition) is 1. The van der Waals surface area contributed by atoms with Crippen molar-refractivity contribution in [3.05, 3.63) is 77.6 Å². The van der Waals surface area contributed by atoms with Gasteiger partial charge in [0.05, 0.1) is 23.4 Å². The number of esters is 1. The molecule has 0 aliphatic rings. The van der Waals surface area contributed by atoms with Gasteiger partial charge in [-0.15, -0.1) is 0 Å². The van der Waals surface area contributed by atoms with Crippen molar-refractivity contribution in [3.8, 4) is 11.1 Å². The lowest BCUT2D eigenvalue weighted by atomic mass is 10.0. The van der Waals surface area contributed by atoms with Crippen molar-refractivity contribution in [2.45, 2.75) is 4.90 Å². The summed E-state index contributed by atoms with van der Waals surface area (Å²) in [5, 5.41) is 0.184. The maximum absolute atomic E-state index is 12.7. The molecule has 0 amide bonds. The fraction of sp³-hybridized carbons (Fsp3) is 0.0526. The molecule has 138 valence electrons. The van der Waals surface area contributed by atoms with Gasteiger partial charge in [0.25, 0.3) is 10.0 Å². The highest BCUT2D eigenvalue weighted by atomic mass is 35.5. The van der Waals surface area contributed by atoms with Crippen LogP contribution < -0.4 is 4.72 Å². The van der Waals surface area contributed by atoms with E-state index in [-0.39, 0.29) is 21.2 Å². The van der Waals surface area contributed by atoms with Crippen LogP contribution in [0.25, 0.3) is 11.1 Å². The molecule has 0 spiro atoms. The highest BCUT2D eigenvalue weighted by Gasteiger charge is 2.20. The molecule has 0 fully saturated rings. The van der Waals surface area contributed by atoms with Gasteiger partial charge in [0.1, 0.15) is 4.90 Å². The molecule has 0 aliphatic heterocycles. The fourth-order valence-corrected chi connectivity index (χ4v) is 3.77. The Morgan fingerprint density at radius 3 is 2.44 bits per heavy atom. The highest BCUT2D eigenvalue weighted by molar-refractivity contribution is 7.92. The van der Waals surface area contributed by atoms with E-state index in [0.29, 0.717) is 0 Å². The van der Waals surface area contributed by atoms with Crippen molar-refractivity contribution in [1.29, 1.82) is 0 Å². The lowest BCUT2D eigenvalue weighted by molar-refractivity contribution is 0.0602. The number of rotatable bonds is 5. The minimum absolute atomic E-state index is 0.0933. The number of anilines is 1. The second-order valence-corrected chi connectivity index (χ2v) is 7.68. The van der Waals surface area contributed by atoms with Crippen molar-refractivity contribution in [1.82, 2.24) is 4.98 Å². The summed E-state index contributed by atoms with van der Waals surface area (Å²) in [6, 6.07) is 15.5. The van der Waals surface area contributed by atoms with Crippen LogP contribution in [0.5, 0.6) is 0 Å². The Kier molecular flexibility index (Phi) is 5.43. The maximum Gasteiger partial charge on any atom is 0.339 e. The number of halogens is 1. The number of sulfonamides is 1. The summed E-state index contributed by atoms with van der Waals surface area (Å²) in [5.41, 5.74) is 1.81. The van der Waals surface area contributed by atoms with Crippen LogP contribution in [0.2, 0.25) is 5.02 Å². The molecule has 1 aromatic heterocycles. The van der Waals surface area contributed by atoms with Crippen LogP contribution in [0, 0.1) is 0 Å². The number of pyridine rings is 1. The first-order chi connectivity index (χ1) is 12.9. The number of carbonyl (C=O) groups is 1. The molecule has 1 N–H and O–H groups in total. The third-order valence-corrected chi connectivity index (χ3v) is 5.31. The smallest absolute Gasteiger partial charge is 0.339 e. The molecular weight excluding hydrogens is 388 g/mol. The van der Waals surface area contributed by atoms with E-state index in [2.05, 4.69) is 9.71 Å². The Morgan fingerprint density at radius 1 is 1.04 bits per heavy atom. The fourth-order valence-electron chi connectivity index (χ4n) is 2.47. The number of carbonyl (C=O) groups excluding carboxylic acids is 1. The van der Waals surface area contributed by atoms with E-state index in [1.807, 2.05) is 30.3 Å². The molecule has 0 bridgehead atoms. The summed E-state index contributed by atoms with van der Waals surface area (Å²) in [6.07, 6.45) is 2.50. The molecule has 3 rings (SSSR count). The van der Waals surface area contributed by atoms with Crippen molar-refractivity contribution in [2.24, 2.45) is 0 Å². The molecule has 0 saturated heterocycles. The normalized spacial score (nSPS) is 11.0. The minimum Gasteiger partial charge on any atom is -0.465 e. The topological polar surface area (TPSA) is 85.4 Å². The van der Waals surface area contributed by atoms with E-state index in [4.69, 9.17) is 16.3 Å². The predicted octanol–water partition coefficient (Wildman–Crippen LogP) is 3.99. The molecular formula is C19H15ClN2O4S. The summed E-state index contributed by atoms with van der Waals surface area (Å²) in [7, 11) is -2.77. The van der Waals surface area contributed by atoms with Gasteiger partial charge in [0.15, 0.2) is 0 Å². The Labute approximate surface area is 161 Å². The standard InChI is InChI=1S/C19H15ClN2O4S/c1-26-19(23)17-8-7-14(13-5-3-2-4-6-13)9-18(17)22-27(24,25)16-10-15(20)11-21-12-16/h2-12,22H,1H3. The zero-order chi connectivity index (χ0) is 19.4. The molecule has 27 heavy (non-hydrogen) atoms. The SMILES string of the molecule is COC(=O)c1ccc(-c2ccccc2)cc1NS(=O)(=O)c1cncc(Cl)c1. The van der Waals surface area contributed by atoms with Gasteiger partial charge in [-0.3, -0.25) is 9.71 Å². The number of methoxy groups -OCH3 is 1. The second kappa shape index (κ2) is 7.77. The number of hydrogen-bond acceptors (Lipinski definition) is 5. The molecule has 8 heteroatoms. The molecule has 0 aliphatic carbocycles. The highest BCUT2D eigenvalue weighted by Crippen LogP contribution is 2.28. The first-order valence-electron chi connectivity index (χ1n) is 7.82. The average molecular weight is 403 g/mol. The van der Waals surface area contributed by atoms with Crippen molar-refractivity contribution in [2.75, 3.05) is 11.8 Å². The summed E-state index contributed by atoms with van der Waals surface area (Å²) in [4.78, 5) is 15.7. The first kappa shape index (κ1) is 18.9. The van der Waals surface area contributed by atoms with Crippen LogP contribution in [-0.4, -0.2) is 26.5 Å². The van der Waals surface area contributed by atoms with Gasteiger partial charge in [0.2, 0.25) is 0 Å². The van der Waals surface area contributed by atoms with Gasteiger partial charge in [-0.25, -0.2) is 13.2 Å². The largest absolute Gasteiger partial charge is 0.465 e. The Bertz CT molecular complexity index is 1090. The second-order valence-electron chi connectivity index (χ2n) is 5.56. The monoisotopic (exact) mass is 402 g/mol. The van der Waals surface area contributed by atoms with Crippen molar-refractivity contribution < 1.29 is 17.9 Å². The summed E-state index contributed by atoms with van der Waals surface area (Å²) in [6.45, 7) is 0. The van der Waals surface area contributed by atoms with Crippen LogP contribution >= 0.6 is 11.6 Å². The van der Waals surface area contributed by atoms with Gasteiger partial charge in [-0.05, 0) is 29.3 Å². The Balaban J connectivity index is 2.07. The van der Waals surface area contributed by atoms with E-state index >= 15 is 0 Å². The van der Waals surface area contributed by atoms with Gasteiger partial charge in [-0.2, -0.15) is 0 Å². The lowest BCUT2D eigenvalue weighted by Crippen LogP contribution is -2.16. The minimum atomic E-state index is -4.00. The quantitative estimate of drug-likeness (QED) is 0.652. The maximum atomic E-state index is 12.7. The summed E-state index contributed by atoms with van der Waals surface area (Å²) in [5.74, 6) is -0.656. The van der Waals surface area contributed by atoms with Gasteiger partial charge in [0, 0.05) is 12.4 Å². The number of aromatic nitrogens is 1. The van der Waals surface area contributed by atoms with Crippen LogP contribution in [-0.2, 0) is 14.8 Å². The Morgan fingerprint density at radius 2 is 1.78 bits per heavy atom. The molecule has 0 unspecified atom stereocenters. The number of ether oxygens (including phenoxy) is 1. The molecule has 0 radical (unpaired) electrons. The van der Waals surface area contributed by atoms with Gasteiger partial charge >= 0.3 is 5.97 Å². The first-order valence-corrected chi connectivity index (χ1v) is 9.68. The van der Waals surface area contributed by atoms with E-state index in [1.54, 1.807) is 12.1 Å². The number of nitrogens with one attached hydrogen (secondary N) is 1. The van der Waals surface area contributed by atoms with Crippen LogP contribution in [0.4, 0.5) is 5.69 Å². The van der Waals surface area contributed by atoms with Gasteiger partial charge < -0.3 is 4.74 Å². The van der Waals surface area contributed by atoms with E-state index in [9.17, 15) is 13.2 Å². The Hall–Kier alpha value is -2.90. The van der Waals surface area contributed by atoms with Crippen LogP contribution in [0.3, 0.4) is 0 Å². The average Bonchev–Trinajstić information content (AvgIpc) is 2.68. The molecule has 0 saturated carbocycles. The molecule has 0 atom stereocenters. The third kappa shape index (κ3) is 4.27. The number of nitrogens with zero attached hydrogens (tertiary/aromatic N) is 1. The van der Waals surface area contributed by atoms with E-state index < -0.39 is 16.0 Å². The van der Waals surface area contributed by atoms with E-state index in [1.165, 1.54) is 31.6 Å². The van der Waals surface area contributed by atoms with Crippen molar-refractivity contribution in [3.63, 3.8) is 0 Å². The zero-order valence-corrected chi connectivity index (χ0v) is 15.8. The number of benzene rings is 2. The predicted molar refractivity (Wildman–Crippen MR) is 103 cm³/mol. The van der Waals surface area contributed by atoms with E-state index in [0.717, 1.165) is 11.1 Å². The lowest BCUT2D eigenvalue weighted by Gasteiger charge is -2.13. The summed E-state index contributed by atoms with van der Waals surface area (Å²) < 4.78 is 32.6. The molecule has 2 aromatic carbocycles. The zero-order valence-electron chi connectivity index (χ0n) is 14.2. The molecule has 3 aromatic rings. The van der Waals surface area contributed by atoms with Crippen LogP contribution in [0.1, 0.15) is 10.4 Å². The van der Waals surface area contributed by atoms with Crippen LogP contribution in [0.15, 0.2) is 71.9 Å². The van der Waals surface area contributed by atoms with Crippen molar-refractivity contribution >= 4 is 33.3 Å². The molecule has 1 heterocycles. The summed E-state index contributed by atoms with van der Waals surface area (Å²) >= 11 is 5.83. The van der Waals surface area contributed by atoms with Gasteiger partial charge in [-0.1, -0.05) is 48.0 Å². The third-order valence-electron chi connectivity index (χ3n) is 3.77.